The Morgan fingerprint density at radius 3 is 2.83 bits per heavy atom. The predicted octanol–water partition coefficient (Wildman–Crippen LogP) is 0.0159. The predicted molar refractivity (Wildman–Crippen MR) is 67.9 cm³/mol. The highest BCUT2D eigenvalue weighted by molar-refractivity contribution is 5.89. The Bertz CT molecular complexity index is 341. The zero-order valence-corrected chi connectivity index (χ0v) is 11.4. The number of aliphatic hydroxyl groups excluding tert-OH is 1. The summed E-state index contributed by atoms with van der Waals surface area (Å²) in [6.07, 6.45) is 1.62. The van der Waals surface area contributed by atoms with E-state index < -0.39 is 5.54 Å². The molecule has 1 heterocycles. The molecule has 2 fully saturated rings. The first-order valence-electron chi connectivity index (χ1n) is 6.71. The lowest BCUT2D eigenvalue weighted by Gasteiger charge is -2.60. The Kier molecular flexibility index (Phi) is 3.42. The van der Waals surface area contributed by atoms with Crippen LogP contribution in [0.2, 0.25) is 0 Å². The molecule has 1 saturated heterocycles. The zero-order valence-electron chi connectivity index (χ0n) is 11.4. The highest BCUT2D eigenvalue weighted by Gasteiger charge is 2.71. The summed E-state index contributed by atoms with van der Waals surface area (Å²) < 4.78 is 5.66. The quantitative estimate of drug-likeness (QED) is 0.662. The number of fused-ring (bicyclic) bond motifs is 1. The van der Waals surface area contributed by atoms with Crippen LogP contribution in [0.5, 0.6) is 0 Å². The molecular weight excluding hydrogens is 232 g/mol. The van der Waals surface area contributed by atoms with Gasteiger partial charge in [0.05, 0.1) is 18.8 Å². The Labute approximate surface area is 108 Å². The molecule has 1 amide bonds. The smallest absolute Gasteiger partial charge is 0.241 e. The molecule has 2 aliphatic rings. The molecule has 4 atom stereocenters. The van der Waals surface area contributed by atoms with Gasteiger partial charge in [-0.15, -0.1) is 0 Å². The van der Waals surface area contributed by atoms with Crippen molar-refractivity contribution in [3.05, 3.63) is 0 Å². The molecule has 18 heavy (non-hydrogen) atoms. The molecule has 1 aliphatic heterocycles. The number of carbonyl (C=O) groups excluding carboxylic acids is 1. The highest BCUT2D eigenvalue weighted by atomic mass is 16.5. The Morgan fingerprint density at radius 2 is 2.28 bits per heavy atom. The number of nitrogens with one attached hydrogen (secondary N) is 1. The standard InChI is InChI=1S/C13H24N2O3/c1-4-8(7-16)15-11(17)13(14)9-5-6-18-10(9)12(13,2)3/h8-10,16H,4-7,14H2,1-3H3,(H,15,17)/t8-,9?,10?,13?/m1/s1. The van der Waals surface area contributed by atoms with Gasteiger partial charge < -0.3 is 20.9 Å². The van der Waals surface area contributed by atoms with Crippen LogP contribution in [0.3, 0.4) is 0 Å². The van der Waals surface area contributed by atoms with E-state index in [1.807, 2.05) is 20.8 Å². The maximum atomic E-state index is 12.4. The number of rotatable bonds is 4. The van der Waals surface area contributed by atoms with Crippen molar-refractivity contribution >= 4 is 5.91 Å². The van der Waals surface area contributed by atoms with Gasteiger partial charge in [0.25, 0.3) is 0 Å². The van der Waals surface area contributed by atoms with Crippen LogP contribution in [0.25, 0.3) is 0 Å². The van der Waals surface area contributed by atoms with E-state index in [1.165, 1.54) is 0 Å². The lowest BCUT2D eigenvalue weighted by Crippen LogP contribution is -2.80. The van der Waals surface area contributed by atoms with E-state index in [0.29, 0.717) is 13.0 Å². The van der Waals surface area contributed by atoms with E-state index in [9.17, 15) is 4.79 Å². The van der Waals surface area contributed by atoms with Gasteiger partial charge in [0.2, 0.25) is 5.91 Å². The third kappa shape index (κ3) is 1.61. The van der Waals surface area contributed by atoms with Crippen LogP contribution in [-0.2, 0) is 9.53 Å². The van der Waals surface area contributed by atoms with Gasteiger partial charge in [0.1, 0.15) is 5.54 Å². The van der Waals surface area contributed by atoms with Gasteiger partial charge in [-0.2, -0.15) is 0 Å². The molecule has 0 bridgehead atoms. The SMILES string of the molecule is CC[C@H](CO)NC(=O)C1(N)C2CCOC2C1(C)C. The summed E-state index contributed by atoms with van der Waals surface area (Å²) in [6, 6.07) is -0.213. The minimum absolute atomic E-state index is 0.0522. The van der Waals surface area contributed by atoms with Crippen LogP contribution < -0.4 is 11.1 Å². The minimum Gasteiger partial charge on any atom is -0.394 e. The first-order chi connectivity index (χ1) is 8.39. The summed E-state index contributed by atoms with van der Waals surface area (Å²) in [6.45, 7) is 6.53. The molecule has 1 saturated carbocycles. The third-order valence-electron chi connectivity index (χ3n) is 4.88. The second kappa shape index (κ2) is 4.47. The van der Waals surface area contributed by atoms with Crippen LogP contribution in [0.4, 0.5) is 0 Å². The number of carbonyl (C=O) groups is 1. The summed E-state index contributed by atoms with van der Waals surface area (Å²) in [5.74, 6) is -0.0520. The van der Waals surface area contributed by atoms with Gasteiger partial charge in [-0.05, 0) is 12.8 Å². The van der Waals surface area contributed by atoms with E-state index in [1.54, 1.807) is 0 Å². The maximum Gasteiger partial charge on any atom is 0.241 e. The van der Waals surface area contributed by atoms with Crippen LogP contribution in [-0.4, -0.2) is 41.9 Å². The second-order valence-electron chi connectivity index (χ2n) is 6.04. The molecular formula is C13H24N2O3. The number of amides is 1. The maximum absolute atomic E-state index is 12.4. The van der Waals surface area contributed by atoms with Gasteiger partial charge in [-0.3, -0.25) is 4.79 Å². The third-order valence-corrected chi connectivity index (χ3v) is 4.88. The fourth-order valence-electron chi connectivity index (χ4n) is 3.43. The van der Waals surface area contributed by atoms with Crippen molar-refractivity contribution in [3.8, 4) is 0 Å². The molecule has 3 unspecified atom stereocenters. The fraction of sp³-hybridized carbons (Fsp3) is 0.923. The van der Waals surface area contributed by atoms with E-state index in [2.05, 4.69) is 5.32 Å². The molecule has 0 aromatic carbocycles. The van der Waals surface area contributed by atoms with Gasteiger partial charge in [-0.1, -0.05) is 20.8 Å². The molecule has 0 radical (unpaired) electrons. The van der Waals surface area contributed by atoms with Crippen molar-refractivity contribution in [2.24, 2.45) is 17.1 Å². The minimum atomic E-state index is -0.878. The molecule has 2 rings (SSSR count). The average molecular weight is 256 g/mol. The van der Waals surface area contributed by atoms with E-state index in [-0.39, 0.29) is 36.0 Å². The van der Waals surface area contributed by atoms with E-state index >= 15 is 0 Å². The van der Waals surface area contributed by atoms with Crippen LogP contribution in [0.1, 0.15) is 33.6 Å². The molecule has 0 aromatic rings. The molecule has 5 heteroatoms. The summed E-state index contributed by atoms with van der Waals surface area (Å²) in [5.41, 5.74) is 5.16. The zero-order chi connectivity index (χ0) is 13.6. The van der Waals surface area contributed by atoms with Gasteiger partial charge in [0.15, 0.2) is 0 Å². The highest BCUT2D eigenvalue weighted by Crippen LogP contribution is 2.58. The number of aliphatic hydroxyl groups is 1. The molecule has 0 spiro atoms. The van der Waals surface area contributed by atoms with Crippen molar-refractivity contribution in [1.82, 2.24) is 5.32 Å². The van der Waals surface area contributed by atoms with Crippen molar-refractivity contribution in [2.45, 2.75) is 51.3 Å². The van der Waals surface area contributed by atoms with Crippen LogP contribution >= 0.6 is 0 Å². The number of ether oxygens (including phenoxy) is 1. The normalized spacial score (nSPS) is 38.7. The lowest BCUT2D eigenvalue weighted by atomic mass is 9.48. The van der Waals surface area contributed by atoms with Gasteiger partial charge in [0, 0.05) is 17.9 Å². The summed E-state index contributed by atoms with van der Waals surface area (Å²) in [7, 11) is 0. The molecule has 4 N–H and O–H groups in total. The topological polar surface area (TPSA) is 84.6 Å². The van der Waals surface area contributed by atoms with Crippen LogP contribution in [0, 0.1) is 11.3 Å². The summed E-state index contributed by atoms with van der Waals surface area (Å²) in [4.78, 5) is 12.4. The lowest BCUT2D eigenvalue weighted by molar-refractivity contribution is -0.176. The van der Waals surface area contributed by atoms with Gasteiger partial charge >= 0.3 is 0 Å². The fourth-order valence-corrected chi connectivity index (χ4v) is 3.43. The van der Waals surface area contributed by atoms with Crippen molar-refractivity contribution in [2.75, 3.05) is 13.2 Å². The number of nitrogens with two attached hydrogens (primary N) is 1. The molecule has 0 aromatic heterocycles. The van der Waals surface area contributed by atoms with E-state index in [4.69, 9.17) is 15.6 Å². The Hall–Kier alpha value is -0.650. The van der Waals surface area contributed by atoms with Crippen molar-refractivity contribution < 1.29 is 14.6 Å². The summed E-state index contributed by atoms with van der Waals surface area (Å²) >= 11 is 0. The van der Waals surface area contributed by atoms with Crippen LogP contribution in [0.15, 0.2) is 0 Å². The van der Waals surface area contributed by atoms with Crippen molar-refractivity contribution in [1.29, 1.82) is 0 Å². The summed E-state index contributed by atoms with van der Waals surface area (Å²) in [5, 5.41) is 12.0. The van der Waals surface area contributed by atoms with Gasteiger partial charge in [-0.25, -0.2) is 0 Å². The largest absolute Gasteiger partial charge is 0.394 e. The molecule has 104 valence electrons. The average Bonchev–Trinajstić information content (AvgIpc) is 2.82. The first-order valence-corrected chi connectivity index (χ1v) is 6.71. The molecule has 5 nitrogen and oxygen atoms in total. The number of hydrogen-bond acceptors (Lipinski definition) is 4. The monoisotopic (exact) mass is 256 g/mol. The van der Waals surface area contributed by atoms with E-state index in [0.717, 1.165) is 6.42 Å². The number of hydrogen-bond donors (Lipinski definition) is 3. The van der Waals surface area contributed by atoms with Crippen molar-refractivity contribution in [3.63, 3.8) is 0 Å². The Morgan fingerprint density at radius 1 is 1.61 bits per heavy atom. The Balaban J connectivity index is 2.13. The first kappa shape index (κ1) is 13.8. The molecule has 1 aliphatic carbocycles. The second-order valence-corrected chi connectivity index (χ2v) is 6.04.